The third kappa shape index (κ3) is 7.52. The van der Waals surface area contributed by atoms with Crippen LogP contribution in [0.15, 0.2) is 46.8 Å². The Morgan fingerprint density at radius 2 is 1.96 bits per heavy atom. The van der Waals surface area contributed by atoms with Crippen LogP contribution in [-0.2, 0) is 12.0 Å². The van der Waals surface area contributed by atoms with E-state index < -0.39 is 5.60 Å². The number of thiophene rings is 1. The maximum atomic E-state index is 10.6. The van der Waals surface area contributed by atoms with Gasteiger partial charge in [-0.25, -0.2) is 4.99 Å². The molecule has 0 spiro atoms. The number of nitrogens with zero attached hydrogens (tertiary/aromatic N) is 1. The maximum absolute atomic E-state index is 10.6. The first kappa shape index (κ1) is 22.2. The van der Waals surface area contributed by atoms with Crippen LogP contribution in [0.5, 0.6) is 0 Å². The van der Waals surface area contributed by atoms with Crippen LogP contribution in [0.1, 0.15) is 24.3 Å². The Kier molecular flexibility index (Phi) is 9.78. The molecule has 1 unspecified atom stereocenters. The van der Waals surface area contributed by atoms with Crippen LogP contribution in [0.4, 0.5) is 0 Å². The molecule has 0 amide bonds. The molecule has 0 bridgehead atoms. The molecule has 1 heterocycles. The fourth-order valence-electron chi connectivity index (χ4n) is 2.21. The third-order valence-electron chi connectivity index (χ3n) is 3.56. The van der Waals surface area contributed by atoms with Crippen molar-refractivity contribution >= 4 is 52.9 Å². The molecular weight excluding hydrogens is 469 g/mol. The van der Waals surface area contributed by atoms with Gasteiger partial charge in [0, 0.05) is 23.0 Å². The average Bonchev–Trinajstić information content (AvgIpc) is 3.10. The van der Waals surface area contributed by atoms with Gasteiger partial charge in [-0.3, -0.25) is 0 Å². The second-order valence-electron chi connectivity index (χ2n) is 5.75. The number of aliphatic hydroxyl groups is 1. The van der Waals surface area contributed by atoms with E-state index >= 15 is 0 Å². The molecule has 0 aliphatic rings. The van der Waals surface area contributed by atoms with Gasteiger partial charge in [0.15, 0.2) is 5.96 Å². The number of hydrogen-bond donors (Lipinski definition) is 3. The van der Waals surface area contributed by atoms with Crippen LogP contribution in [0, 0.1) is 0 Å². The number of guanidine groups is 1. The predicted molar refractivity (Wildman–Crippen MR) is 118 cm³/mol. The lowest BCUT2D eigenvalue weighted by Gasteiger charge is -2.20. The summed E-state index contributed by atoms with van der Waals surface area (Å²) in [4.78, 5) is 5.44. The third-order valence-corrected chi connectivity index (χ3v) is 4.94. The molecule has 1 aromatic heterocycles. The number of rotatable bonds is 7. The summed E-state index contributed by atoms with van der Waals surface area (Å²) in [5, 5.41) is 19.8. The zero-order chi connectivity index (χ0) is 17.4. The normalized spacial score (nSPS) is 13.7. The van der Waals surface area contributed by atoms with Gasteiger partial charge in [0.2, 0.25) is 0 Å². The largest absolute Gasteiger partial charge is 0.383 e. The fraction of sp³-hybridized carbons (Fsp3) is 0.389. The van der Waals surface area contributed by atoms with Crippen LogP contribution < -0.4 is 10.6 Å². The second-order valence-corrected chi connectivity index (χ2v) is 7.13. The summed E-state index contributed by atoms with van der Waals surface area (Å²) in [5.74, 6) is 0.711. The topological polar surface area (TPSA) is 56.7 Å². The van der Waals surface area contributed by atoms with E-state index in [0.29, 0.717) is 12.5 Å². The summed E-state index contributed by atoms with van der Waals surface area (Å²) >= 11 is 7.44. The van der Waals surface area contributed by atoms with Crippen molar-refractivity contribution in [2.24, 2.45) is 4.99 Å². The maximum Gasteiger partial charge on any atom is 0.191 e. The summed E-state index contributed by atoms with van der Waals surface area (Å²) in [6, 6.07) is 11.7. The van der Waals surface area contributed by atoms with Gasteiger partial charge in [-0.1, -0.05) is 29.8 Å². The van der Waals surface area contributed by atoms with E-state index in [2.05, 4.69) is 15.6 Å². The highest BCUT2D eigenvalue weighted by Crippen LogP contribution is 2.25. The molecule has 1 aromatic carbocycles. The molecule has 2 aromatic rings. The van der Waals surface area contributed by atoms with Gasteiger partial charge >= 0.3 is 0 Å². The fourth-order valence-corrected chi connectivity index (χ4v) is 3.12. The highest BCUT2D eigenvalue weighted by atomic mass is 127. The van der Waals surface area contributed by atoms with E-state index in [-0.39, 0.29) is 24.0 Å². The zero-order valence-corrected chi connectivity index (χ0v) is 18.4. The summed E-state index contributed by atoms with van der Waals surface area (Å²) in [6.07, 6.45) is 0.878. The lowest BCUT2D eigenvalue weighted by Crippen LogP contribution is -2.39. The molecule has 138 valence electrons. The standard InChI is InChI=1S/C18H24ClN3OS.HI/c1-3-20-17(21-11-10-14-6-8-15(19)9-7-14)22-13-18(2,23)16-5-4-12-24-16;/h4-9,12,23H,3,10-11,13H2,1-2H3,(H2,20,21,22);1H. The van der Waals surface area contributed by atoms with Gasteiger partial charge in [-0.15, -0.1) is 35.3 Å². The van der Waals surface area contributed by atoms with Crippen LogP contribution in [0.2, 0.25) is 5.02 Å². The van der Waals surface area contributed by atoms with Gasteiger partial charge < -0.3 is 15.7 Å². The minimum absolute atomic E-state index is 0. The molecule has 25 heavy (non-hydrogen) atoms. The molecule has 0 saturated carbocycles. The van der Waals surface area contributed by atoms with Gasteiger partial charge in [-0.05, 0) is 49.4 Å². The Hall–Kier alpha value is -0.830. The number of halogens is 2. The van der Waals surface area contributed by atoms with E-state index in [4.69, 9.17) is 11.6 Å². The summed E-state index contributed by atoms with van der Waals surface area (Å²) < 4.78 is 0. The highest BCUT2D eigenvalue weighted by molar-refractivity contribution is 14.0. The lowest BCUT2D eigenvalue weighted by molar-refractivity contribution is 0.0711. The predicted octanol–water partition coefficient (Wildman–Crippen LogP) is 4.02. The van der Waals surface area contributed by atoms with Crippen molar-refractivity contribution in [1.82, 2.24) is 10.6 Å². The molecule has 7 heteroatoms. The van der Waals surface area contributed by atoms with Gasteiger partial charge in [0.25, 0.3) is 0 Å². The molecule has 2 rings (SSSR count). The highest BCUT2D eigenvalue weighted by Gasteiger charge is 2.23. The van der Waals surface area contributed by atoms with Gasteiger partial charge in [-0.2, -0.15) is 0 Å². The number of hydrogen-bond acceptors (Lipinski definition) is 3. The van der Waals surface area contributed by atoms with Crippen molar-refractivity contribution in [2.45, 2.75) is 25.9 Å². The average molecular weight is 494 g/mol. The first-order valence-corrected chi connectivity index (χ1v) is 9.30. The Balaban J connectivity index is 0.00000312. The van der Waals surface area contributed by atoms with E-state index in [1.807, 2.05) is 48.7 Å². The van der Waals surface area contributed by atoms with Gasteiger partial charge in [0.1, 0.15) is 5.60 Å². The Morgan fingerprint density at radius 3 is 2.56 bits per heavy atom. The smallest absolute Gasteiger partial charge is 0.191 e. The molecular formula is C18H25ClIN3OS. The number of nitrogens with one attached hydrogen (secondary N) is 2. The Labute approximate surface area is 175 Å². The number of benzene rings is 1. The summed E-state index contributed by atoms with van der Waals surface area (Å²) in [7, 11) is 0. The van der Waals surface area contributed by atoms with Crippen molar-refractivity contribution in [3.63, 3.8) is 0 Å². The molecule has 3 N–H and O–H groups in total. The SMILES string of the molecule is CCNC(=NCC(C)(O)c1cccs1)NCCc1ccc(Cl)cc1.I. The van der Waals surface area contributed by atoms with E-state index in [0.717, 1.165) is 29.4 Å². The Morgan fingerprint density at radius 1 is 1.24 bits per heavy atom. The first-order valence-electron chi connectivity index (χ1n) is 8.04. The first-order chi connectivity index (χ1) is 11.5. The van der Waals surface area contributed by atoms with E-state index in [1.54, 1.807) is 18.3 Å². The minimum Gasteiger partial charge on any atom is -0.383 e. The van der Waals surface area contributed by atoms with Crippen molar-refractivity contribution < 1.29 is 5.11 Å². The van der Waals surface area contributed by atoms with Crippen LogP contribution >= 0.6 is 46.9 Å². The van der Waals surface area contributed by atoms with Crippen LogP contribution in [-0.4, -0.2) is 30.7 Å². The monoisotopic (exact) mass is 493 g/mol. The molecule has 0 aliphatic carbocycles. The van der Waals surface area contributed by atoms with Gasteiger partial charge in [0.05, 0.1) is 6.54 Å². The molecule has 1 atom stereocenters. The Bertz CT molecular complexity index is 645. The second kappa shape index (κ2) is 11.0. The molecule has 4 nitrogen and oxygen atoms in total. The van der Waals surface area contributed by atoms with E-state index in [9.17, 15) is 5.11 Å². The molecule has 0 aliphatic heterocycles. The van der Waals surface area contributed by atoms with Crippen molar-refractivity contribution in [2.75, 3.05) is 19.6 Å². The van der Waals surface area contributed by atoms with Crippen molar-refractivity contribution in [1.29, 1.82) is 0 Å². The lowest BCUT2D eigenvalue weighted by atomic mass is 10.1. The quantitative estimate of drug-likeness (QED) is 0.310. The zero-order valence-electron chi connectivity index (χ0n) is 14.5. The number of aliphatic imine (C=N–C) groups is 1. The van der Waals surface area contributed by atoms with E-state index in [1.165, 1.54) is 5.56 Å². The summed E-state index contributed by atoms with van der Waals surface area (Å²) in [5.41, 5.74) is 0.264. The molecule has 0 radical (unpaired) electrons. The van der Waals surface area contributed by atoms with Crippen LogP contribution in [0.3, 0.4) is 0 Å². The summed E-state index contributed by atoms with van der Waals surface area (Å²) in [6.45, 7) is 5.65. The molecule has 0 fully saturated rings. The minimum atomic E-state index is -0.952. The molecule has 0 saturated heterocycles. The van der Waals surface area contributed by atoms with Crippen molar-refractivity contribution in [3.05, 3.63) is 57.2 Å². The van der Waals surface area contributed by atoms with Crippen molar-refractivity contribution in [3.8, 4) is 0 Å². The van der Waals surface area contributed by atoms with Crippen LogP contribution in [0.25, 0.3) is 0 Å².